The van der Waals surface area contributed by atoms with Crippen molar-refractivity contribution in [3.63, 3.8) is 0 Å². The van der Waals surface area contributed by atoms with E-state index in [0.29, 0.717) is 11.4 Å². The minimum absolute atomic E-state index is 0.241. The van der Waals surface area contributed by atoms with E-state index in [9.17, 15) is 9.59 Å². The average molecular weight is 229 g/mol. The average Bonchev–Trinajstić information content (AvgIpc) is 2.33. The molecule has 0 unspecified atom stereocenters. The number of nitrogens with zero attached hydrogens (tertiary/aromatic N) is 1. The van der Waals surface area contributed by atoms with Crippen molar-refractivity contribution in [1.29, 1.82) is 0 Å². The molecule has 0 fully saturated rings. The van der Waals surface area contributed by atoms with Gasteiger partial charge in [0.25, 0.3) is 5.91 Å². The van der Waals surface area contributed by atoms with Crippen LogP contribution in [0.5, 0.6) is 0 Å². The maximum absolute atomic E-state index is 11.7. The molecular weight excluding hydrogens is 218 g/mol. The molecule has 0 aliphatic carbocycles. The SMILES string of the molecule is Cc1ccc(NC(=O)c2ccc(=O)[nH]c2)nc1. The largest absolute Gasteiger partial charge is 0.328 e. The van der Waals surface area contributed by atoms with Gasteiger partial charge >= 0.3 is 0 Å². The molecule has 0 radical (unpaired) electrons. The first-order chi connectivity index (χ1) is 8.15. The zero-order chi connectivity index (χ0) is 12.3. The molecule has 5 nitrogen and oxygen atoms in total. The van der Waals surface area contributed by atoms with Gasteiger partial charge in [-0.15, -0.1) is 0 Å². The van der Waals surface area contributed by atoms with Crippen molar-refractivity contribution in [2.75, 3.05) is 5.32 Å². The van der Waals surface area contributed by atoms with E-state index in [1.54, 1.807) is 12.3 Å². The number of aromatic amines is 1. The number of H-pyrrole nitrogens is 1. The second-order valence-corrected chi connectivity index (χ2v) is 3.62. The van der Waals surface area contributed by atoms with Crippen LogP contribution in [0.15, 0.2) is 41.5 Å². The first kappa shape index (κ1) is 11.1. The molecular formula is C12H11N3O2. The second kappa shape index (κ2) is 4.61. The molecule has 2 aromatic heterocycles. The molecule has 2 aromatic rings. The van der Waals surface area contributed by atoms with Crippen LogP contribution in [0.25, 0.3) is 0 Å². The highest BCUT2D eigenvalue weighted by molar-refractivity contribution is 6.03. The summed E-state index contributed by atoms with van der Waals surface area (Å²) in [6, 6.07) is 6.34. The van der Waals surface area contributed by atoms with E-state index in [0.717, 1.165) is 5.56 Å². The third kappa shape index (κ3) is 2.78. The summed E-state index contributed by atoms with van der Waals surface area (Å²) >= 11 is 0. The zero-order valence-corrected chi connectivity index (χ0v) is 9.23. The predicted octanol–water partition coefficient (Wildman–Crippen LogP) is 1.33. The Bertz CT molecular complexity index is 567. The van der Waals surface area contributed by atoms with Crippen LogP contribution in [0.3, 0.4) is 0 Å². The van der Waals surface area contributed by atoms with E-state index in [1.165, 1.54) is 18.3 Å². The highest BCUT2D eigenvalue weighted by atomic mass is 16.2. The van der Waals surface area contributed by atoms with Gasteiger partial charge in [0.15, 0.2) is 0 Å². The van der Waals surface area contributed by atoms with Crippen LogP contribution in [0.1, 0.15) is 15.9 Å². The molecule has 0 aliphatic rings. The maximum Gasteiger partial charge on any atom is 0.258 e. The lowest BCUT2D eigenvalue weighted by Gasteiger charge is -2.03. The van der Waals surface area contributed by atoms with Gasteiger partial charge in [-0.1, -0.05) is 6.07 Å². The molecule has 5 heteroatoms. The summed E-state index contributed by atoms with van der Waals surface area (Å²) < 4.78 is 0. The van der Waals surface area contributed by atoms with Gasteiger partial charge in [-0.3, -0.25) is 9.59 Å². The molecule has 17 heavy (non-hydrogen) atoms. The minimum atomic E-state index is -0.308. The standard InChI is InChI=1S/C12H11N3O2/c1-8-2-4-10(13-6-8)15-12(17)9-3-5-11(16)14-7-9/h2-7H,1H3,(H,14,16)(H,13,15,17). The molecule has 2 rings (SSSR count). The lowest BCUT2D eigenvalue weighted by molar-refractivity contribution is 0.102. The van der Waals surface area contributed by atoms with Gasteiger partial charge in [0.2, 0.25) is 5.56 Å². The van der Waals surface area contributed by atoms with Gasteiger partial charge < -0.3 is 10.3 Å². The van der Waals surface area contributed by atoms with Gasteiger partial charge in [0.1, 0.15) is 5.82 Å². The monoisotopic (exact) mass is 229 g/mol. The van der Waals surface area contributed by atoms with Crippen LogP contribution >= 0.6 is 0 Å². The summed E-state index contributed by atoms with van der Waals surface area (Å²) in [6.45, 7) is 1.92. The quantitative estimate of drug-likeness (QED) is 0.815. The fourth-order valence-corrected chi connectivity index (χ4v) is 1.28. The number of rotatable bonds is 2. The molecule has 0 aliphatic heterocycles. The third-order valence-corrected chi connectivity index (χ3v) is 2.20. The Morgan fingerprint density at radius 1 is 1.29 bits per heavy atom. The van der Waals surface area contributed by atoms with E-state index in [2.05, 4.69) is 15.3 Å². The lowest BCUT2D eigenvalue weighted by Crippen LogP contribution is -2.15. The van der Waals surface area contributed by atoms with Crippen LogP contribution in [0, 0.1) is 6.92 Å². The molecule has 0 atom stereocenters. The van der Waals surface area contributed by atoms with Crippen LogP contribution in [0.4, 0.5) is 5.82 Å². The first-order valence-corrected chi connectivity index (χ1v) is 5.08. The summed E-state index contributed by atoms with van der Waals surface area (Å²) in [4.78, 5) is 29.1. The van der Waals surface area contributed by atoms with E-state index in [-0.39, 0.29) is 11.5 Å². The molecule has 2 heterocycles. The minimum Gasteiger partial charge on any atom is -0.328 e. The topological polar surface area (TPSA) is 74.8 Å². The van der Waals surface area contributed by atoms with E-state index < -0.39 is 0 Å². The summed E-state index contributed by atoms with van der Waals surface area (Å²) in [5.74, 6) is 0.171. The van der Waals surface area contributed by atoms with Gasteiger partial charge in [0, 0.05) is 18.5 Å². The molecule has 2 N–H and O–H groups in total. The lowest BCUT2D eigenvalue weighted by atomic mass is 10.2. The normalized spacial score (nSPS) is 9.94. The van der Waals surface area contributed by atoms with Crippen molar-refractivity contribution >= 4 is 11.7 Å². The molecule has 0 spiro atoms. The molecule has 0 aromatic carbocycles. The van der Waals surface area contributed by atoms with Crippen molar-refractivity contribution < 1.29 is 4.79 Å². The zero-order valence-electron chi connectivity index (χ0n) is 9.23. The van der Waals surface area contributed by atoms with Crippen LogP contribution in [-0.2, 0) is 0 Å². The van der Waals surface area contributed by atoms with E-state index >= 15 is 0 Å². The number of pyridine rings is 2. The summed E-state index contributed by atoms with van der Waals surface area (Å²) in [7, 11) is 0. The highest BCUT2D eigenvalue weighted by Gasteiger charge is 2.06. The van der Waals surface area contributed by atoms with Gasteiger partial charge in [-0.05, 0) is 24.6 Å². The molecule has 0 saturated carbocycles. The van der Waals surface area contributed by atoms with Crippen LogP contribution in [0.2, 0.25) is 0 Å². The number of carbonyl (C=O) groups is 1. The summed E-state index contributed by atoms with van der Waals surface area (Å²) in [6.07, 6.45) is 3.04. The number of aromatic nitrogens is 2. The number of nitrogens with one attached hydrogen (secondary N) is 2. The number of anilines is 1. The van der Waals surface area contributed by atoms with Crippen molar-refractivity contribution in [3.8, 4) is 0 Å². The Morgan fingerprint density at radius 3 is 2.71 bits per heavy atom. The van der Waals surface area contributed by atoms with Crippen molar-refractivity contribution in [2.24, 2.45) is 0 Å². The highest BCUT2D eigenvalue weighted by Crippen LogP contribution is 2.05. The second-order valence-electron chi connectivity index (χ2n) is 3.62. The Hall–Kier alpha value is -2.43. The Morgan fingerprint density at radius 2 is 2.12 bits per heavy atom. The molecule has 0 bridgehead atoms. The van der Waals surface area contributed by atoms with Gasteiger partial charge in [0.05, 0.1) is 5.56 Å². The van der Waals surface area contributed by atoms with E-state index in [1.807, 2.05) is 13.0 Å². The number of amides is 1. The van der Waals surface area contributed by atoms with Crippen molar-refractivity contribution in [1.82, 2.24) is 9.97 Å². The van der Waals surface area contributed by atoms with Gasteiger partial charge in [-0.2, -0.15) is 0 Å². The van der Waals surface area contributed by atoms with Crippen molar-refractivity contribution in [3.05, 3.63) is 58.1 Å². The molecule has 1 amide bonds. The van der Waals surface area contributed by atoms with Gasteiger partial charge in [-0.25, -0.2) is 4.98 Å². The maximum atomic E-state index is 11.7. The summed E-state index contributed by atoms with van der Waals surface area (Å²) in [5, 5.41) is 2.63. The fraction of sp³-hybridized carbons (Fsp3) is 0.0833. The Kier molecular flexibility index (Phi) is 3.00. The van der Waals surface area contributed by atoms with Crippen LogP contribution < -0.4 is 10.9 Å². The fourth-order valence-electron chi connectivity index (χ4n) is 1.28. The number of aryl methyl sites for hydroxylation is 1. The molecule has 0 saturated heterocycles. The van der Waals surface area contributed by atoms with E-state index in [4.69, 9.17) is 0 Å². The molecule has 86 valence electrons. The smallest absolute Gasteiger partial charge is 0.258 e. The summed E-state index contributed by atoms with van der Waals surface area (Å²) in [5.41, 5.74) is 1.16. The predicted molar refractivity (Wildman–Crippen MR) is 64.0 cm³/mol. The van der Waals surface area contributed by atoms with Crippen molar-refractivity contribution in [2.45, 2.75) is 6.92 Å². The first-order valence-electron chi connectivity index (χ1n) is 5.08. The number of carbonyl (C=O) groups excluding carboxylic acids is 1. The van der Waals surface area contributed by atoms with Crippen LogP contribution in [-0.4, -0.2) is 15.9 Å². The Balaban J connectivity index is 2.14. The number of hydrogen-bond donors (Lipinski definition) is 2. The number of hydrogen-bond acceptors (Lipinski definition) is 3. The third-order valence-electron chi connectivity index (χ3n) is 2.20. The Labute approximate surface area is 97.5 Å².